The number of aromatic nitrogens is 4. The zero-order valence-electron chi connectivity index (χ0n) is 15.1. The first-order valence-corrected chi connectivity index (χ1v) is 9.74. The minimum atomic E-state index is -0.695. The van der Waals surface area contributed by atoms with Crippen LogP contribution in [0.15, 0.2) is 69.3 Å². The molecule has 4 rings (SSSR count). The normalized spacial score (nSPS) is 11.0. The van der Waals surface area contributed by atoms with Gasteiger partial charge in [0, 0.05) is 9.92 Å². The monoisotopic (exact) mass is 447 g/mol. The fourth-order valence-electron chi connectivity index (χ4n) is 2.62. The van der Waals surface area contributed by atoms with Crippen LogP contribution >= 0.6 is 23.4 Å². The van der Waals surface area contributed by atoms with E-state index in [1.165, 1.54) is 36.0 Å². The Bertz CT molecular complexity index is 1320. The summed E-state index contributed by atoms with van der Waals surface area (Å²) in [6, 6.07) is 13.0. The first-order valence-electron chi connectivity index (χ1n) is 8.54. The molecule has 0 aliphatic heterocycles. The molecule has 0 saturated carbocycles. The van der Waals surface area contributed by atoms with E-state index in [-0.39, 0.29) is 22.2 Å². The van der Waals surface area contributed by atoms with Gasteiger partial charge in [-0.05, 0) is 48.5 Å². The highest BCUT2D eigenvalue weighted by Crippen LogP contribution is 2.26. The predicted octanol–water partition coefficient (Wildman–Crippen LogP) is 3.61. The van der Waals surface area contributed by atoms with Crippen LogP contribution in [0.1, 0.15) is 0 Å². The summed E-state index contributed by atoms with van der Waals surface area (Å²) >= 11 is 6.86. The first kappa shape index (κ1) is 20.0. The fourth-order valence-corrected chi connectivity index (χ4v) is 3.59. The predicted molar refractivity (Wildman–Crippen MR) is 108 cm³/mol. The number of rotatable bonds is 5. The Labute approximate surface area is 177 Å². The van der Waals surface area contributed by atoms with Crippen molar-refractivity contribution < 1.29 is 13.6 Å². The second-order valence-corrected chi connectivity index (χ2v) is 7.64. The van der Waals surface area contributed by atoms with Gasteiger partial charge in [-0.2, -0.15) is 9.61 Å². The molecule has 0 fully saturated rings. The molecule has 2 aromatic heterocycles. The number of fused-ring (bicyclic) bond motifs is 1. The summed E-state index contributed by atoms with van der Waals surface area (Å²) in [6.45, 7) is -0.434. The van der Waals surface area contributed by atoms with Gasteiger partial charge in [0.05, 0.1) is 5.69 Å². The summed E-state index contributed by atoms with van der Waals surface area (Å²) in [4.78, 5) is 25.4. The molecule has 2 aromatic carbocycles. The van der Waals surface area contributed by atoms with Crippen molar-refractivity contribution in [2.45, 2.75) is 16.5 Å². The molecule has 0 atom stereocenters. The van der Waals surface area contributed by atoms with E-state index in [2.05, 4.69) is 15.5 Å². The quantitative estimate of drug-likeness (QED) is 0.505. The molecule has 2 heterocycles. The van der Waals surface area contributed by atoms with E-state index in [0.717, 1.165) is 15.3 Å². The molecule has 1 N–H and O–H groups in total. The lowest BCUT2D eigenvalue weighted by Gasteiger charge is -2.06. The van der Waals surface area contributed by atoms with E-state index in [1.807, 2.05) is 0 Å². The Morgan fingerprint density at radius 2 is 1.93 bits per heavy atom. The molecule has 30 heavy (non-hydrogen) atoms. The van der Waals surface area contributed by atoms with Crippen LogP contribution in [-0.4, -0.2) is 25.3 Å². The van der Waals surface area contributed by atoms with E-state index in [9.17, 15) is 18.4 Å². The number of carbonyl (C=O) groups excluding carboxylic acids is 1. The molecule has 0 bridgehead atoms. The third-order valence-corrected chi connectivity index (χ3v) is 5.08. The number of nitrogens with zero attached hydrogens (tertiary/aromatic N) is 4. The number of nitrogens with one attached hydrogen (secondary N) is 1. The maximum absolute atomic E-state index is 13.8. The SMILES string of the molecule is O=C(Cn1nc2ccc(Sc3cccc(F)c3)nn2c1=O)Nc1ccc(Cl)cc1F. The van der Waals surface area contributed by atoms with Crippen molar-refractivity contribution in [3.8, 4) is 0 Å². The maximum atomic E-state index is 13.8. The molecular weight excluding hydrogens is 436 g/mol. The fraction of sp³-hybridized carbons (Fsp3) is 0.0526. The summed E-state index contributed by atoms with van der Waals surface area (Å²) in [5, 5.41) is 11.2. The van der Waals surface area contributed by atoms with Crippen LogP contribution < -0.4 is 11.0 Å². The molecule has 0 saturated heterocycles. The van der Waals surface area contributed by atoms with Gasteiger partial charge in [0.25, 0.3) is 0 Å². The minimum absolute atomic E-state index is 0.0619. The Hall–Kier alpha value is -3.24. The highest BCUT2D eigenvalue weighted by Gasteiger charge is 2.14. The van der Waals surface area contributed by atoms with Crippen LogP contribution in [-0.2, 0) is 11.3 Å². The number of anilines is 1. The molecular formula is C19H12ClF2N5O2S. The van der Waals surface area contributed by atoms with E-state index >= 15 is 0 Å². The lowest BCUT2D eigenvalue weighted by molar-refractivity contribution is -0.117. The Kier molecular flexibility index (Phi) is 5.51. The summed E-state index contributed by atoms with van der Waals surface area (Å²) in [6.07, 6.45) is 0. The lowest BCUT2D eigenvalue weighted by Crippen LogP contribution is -2.29. The van der Waals surface area contributed by atoms with Crippen LogP contribution in [0, 0.1) is 11.6 Å². The third kappa shape index (κ3) is 4.34. The van der Waals surface area contributed by atoms with Crippen molar-refractivity contribution in [1.29, 1.82) is 0 Å². The third-order valence-electron chi connectivity index (χ3n) is 3.93. The van der Waals surface area contributed by atoms with Gasteiger partial charge in [0.15, 0.2) is 5.65 Å². The van der Waals surface area contributed by atoms with Gasteiger partial charge in [-0.1, -0.05) is 29.4 Å². The number of hydrogen-bond donors (Lipinski definition) is 1. The van der Waals surface area contributed by atoms with E-state index < -0.39 is 24.0 Å². The molecule has 152 valence electrons. The smallest absolute Gasteiger partial charge is 0.322 e. The van der Waals surface area contributed by atoms with E-state index in [1.54, 1.807) is 24.3 Å². The molecule has 0 unspecified atom stereocenters. The van der Waals surface area contributed by atoms with Gasteiger partial charge in [0.2, 0.25) is 5.91 Å². The molecule has 11 heteroatoms. The van der Waals surface area contributed by atoms with Crippen molar-refractivity contribution in [2.75, 3.05) is 5.32 Å². The summed E-state index contributed by atoms with van der Waals surface area (Å²) in [5.74, 6) is -1.72. The number of amides is 1. The number of carbonyl (C=O) groups is 1. The van der Waals surface area contributed by atoms with Gasteiger partial charge in [-0.25, -0.2) is 18.3 Å². The summed E-state index contributed by atoms with van der Waals surface area (Å²) in [7, 11) is 0. The largest absolute Gasteiger partial charge is 0.367 e. The molecule has 7 nitrogen and oxygen atoms in total. The van der Waals surface area contributed by atoms with Crippen molar-refractivity contribution >= 4 is 40.6 Å². The molecule has 0 radical (unpaired) electrons. The van der Waals surface area contributed by atoms with Crippen LogP contribution in [0.4, 0.5) is 14.5 Å². The average Bonchev–Trinajstić information content (AvgIpc) is 2.99. The van der Waals surface area contributed by atoms with Crippen LogP contribution in [0.2, 0.25) is 5.02 Å². The first-order chi connectivity index (χ1) is 14.4. The standard InChI is InChI=1S/C19H12ClF2N5O2S/c20-11-4-5-15(14(22)8-11)23-17(28)10-26-19(29)27-16(24-26)6-7-18(25-27)30-13-3-1-2-12(21)9-13/h1-9H,10H2,(H,23,28). The van der Waals surface area contributed by atoms with Crippen molar-refractivity contribution in [3.63, 3.8) is 0 Å². The molecule has 0 aliphatic carbocycles. The zero-order valence-corrected chi connectivity index (χ0v) is 16.6. The van der Waals surface area contributed by atoms with Crippen molar-refractivity contribution in [1.82, 2.24) is 19.4 Å². The van der Waals surface area contributed by atoms with Gasteiger partial charge in [-0.15, -0.1) is 5.10 Å². The Balaban J connectivity index is 1.54. The Morgan fingerprint density at radius 3 is 2.70 bits per heavy atom. The van der Waals surface area contributed by atoms with Crippen LogP contribution in [0.5, 0.6) is 0 Å². The number of benzene rings is 2. The zero-order chi connectivity index (χ0) is 21.3. The topological polar surface area (TPSA) is 81.3 Å². The highest BCUT2D eigenvalue weighted by molar-refractivity contribution is 7.99. The molecule has 1 amide bonds. The van der Waals surface area contributed by atoms with Crippen LogP contribution in [0.25, 0.3) is 5.65 Å². The van der Waals surface area contributed by atoms with Gasteiger partial charge in [0.1, 0.15) is 23.2 Å². The minimum Gasteiger partial charge on any atom is -0.322 e. The maximum Gasteiger partial charge on any atom is 0.367 e. The van der Waals surface area contributed by atoms with E-state index in [0.29, 0.717) is 9.92 Å². The second-order valence-electron chi connectivity index (χ2n) is 6.11. The summed E-state index contributed by atoms with van der Waals surface area (Å²) < 4.78 is 29.1. The highest BCUT2D eigenvalue weighted by atomic mass is 35.5. The van der Waals surface area contributed by atoms with Gasteiger partial charge < -0.3 is 5.32 Å². The molecule has 4 aromatic rings. The molecule has 0 aliphatic rings. The van der Waals surface area contributed by atoms with Crippen molar-refractivity contribution in [3.05, 3.63) is 81.7 Å². The van der Waals surface area contributed by atoms with Gasteiger partial charge >= 0.3 is 5.69 Å². The van der Waals surface area contributed by atoms with Crippen molar-refractivity contribution in [2.24, 2.45) is 0 Å². The van der Waals surface area contributed by atoms with Crippen LogP contribution in [0.3, 0.4) is 0 Å². The van der Waals surface area contributed by atoms with Gasteiger partial charge in [-0.3, -0.25) is 4.79 Å². The summed E-state index contributed by atoms with van der Waals surface area (Å²) in [5.41, 5.74) is -0.472. The lowest BCUT2D eigenvalue weighted by atomic mass is 10.3. The number of hydrogen-bond acceptors (Lipinski definition) is 5. The number of halogens is 3. The molecule has 0 spiro atoms. The van der Waals surface area contributed by atoms with E-state index in [4.69, 9.17) is 11.6 Å². The average molecular weight is 448 g/mol. The second kappa shape index (κ2) is 8.25. The Morgan fingerprint density at radius 1 is 1.10 bits per heavy atom.